The Hall–Kier alpha value is -1.03. The van der Waals surface area contributed by atoms with Crippen LogP contribution in [0.2, 0.25) is 0 Å². The largest absolute Gasteiger partial charge is 0.367 e. The second kappa shape index (κ2) is 2.23. The molecule has 2 aromatic rings. The van der Waals surface area contributed by atoms with E-state index in [1.807, 2.05) is 18.2 Å². The van der Waals surface area contributed by atoms with Gasteiger partial charge in [-0.05, 0) is 18.2 Å². The Balaban J connectivity index is 2.87. The lowest BCUT2D eigenvalue weighted by atomic mass is 10.2. The van der Waals surface area contributed by atoms with Gasteiger partial charge in [-0.2, -0.15) is 0 Å². The summed E-state index contributed by atoms with van der Waals surface area (Å²) in [6, 6.07) is 5.62. The first-order chi connectivity index (χ1) is 5.27. The Morgan fingerprint density at radius 2 is 2.27 bits per heavy atom. The van der Waals surface area contributed by atoms with E-state index in [0.29, 0.717) is 5.88 Å². The summed E-state index contributed by atoms with van der Waals surface area (Å²) in [7, 11) is 0. The molecule has 0 spiro atoms. The zero-order valence-electron chi connectivity index (χ0n) is 5.54. The minimum Gasteiger partial charge on any atom is -0.367 e. The molecule has 0 aliphatic rings. The van der Waals surface area contributed by atoms with Gasteiger partial charge in [0.2, 0.25) is 5.88 Å². The molecule has 0 unspecified atom stereocenters. The van der Waals surface area contributed by atoms with E-state index in [1.54, 1.807) is 0 Å². The fourth-order valence-corrected chi connectivity index (χ4v) is 1.29. The highest BCUT2D eigenvalue weighted by Crippen LogP contribution is 2.23. The molecule has 1 aromatic heterocycles. The molecule has 4 heteroatoms. The minimum absolute atomic E-state index is 0.362. The summed E-state index contributed by atoms with van der Waals surface area (Å²) in [5, 5.41) is 4.59. The lowest BCUT2D eigenvalue weighted by Crippen LogP contribution is -1.79. The quantitative estimate of drug-likeness (QED) is 0.729. The van der Waals surface area contributed by atoms with E-state index in [1.165, 1.54) is 0 Å². The van der Waals surface area contributed by atoms with Crippen LogP contribution in [0.4, 0.5) is 5.88 Å². The number of anilines is 1. The molecule has 0 amide bonds. The summed E-state index contributed by atoms with van der Waals surface area (Å²) in [4.78, 5) is 0. The number of fused-ring (bicyclic) bond motifs is 1. The van der Waals surface area contributed by atoms with Gasteiger partial charge in [-0.3, -0.25) is 0 Å². The molecule has 56 valence electrons. The Bertz CT molecular complexity index is 396. The fourth-order valence-electron chi connectivity index (χ4n) is 0.933. The van der Waals surface area contributed by atoms with E-state index in [0.717, 1.165) is 15.4 Å². The van der Waals surface area contributed by atoms with E-state index in [-0.39, 0.29) is 0 Å². The maximum atomic E-state index is 5.50. The Morgan fingerprint density at radius 3 is 3.09 bits per heavy atom. The van der Waals surface area contributed by atoms with E-state index in [2.05, 4.69) is 21.1 Å². The van der Waals surface area contributed by atoms with Gasteiger partial charge in [0.25, 0.3) is 0 Å². The van der Waals surface area contributed by atoms with Crippen molar-refractivity contribution >= 4 is 32.7 Å². The molecule has 1 aromatic carbocycles. The lowest BCUT2D eigenvalue weighted by Gasteiger charge is -1.87. The molecular weight excluding hydrogens is 208 g/mol. The molecular formula is C7H5BrN2O. The molecule has 0 aliphatic carbocycles. The molecule has 0 saturated heterocycles. The Labute approximate surface area is 71.3 Å². The van der Waals surface area contributed by atoms with Crippen LogP contribution in [-0.4, -0.2) is 5.16 Å². The predicted molar refractivity (Wildman–Crippen MR) is 46.1 cm³/mol. The third kappa shape index (κ3) is 0.991. The SMILES string of the molecule is Nc1onc2ccc(Br)cc12. The fraction of sp³-hybridized carbons (Fsp3) is 0. The number of hydrogen-bond donors (Lipinski definition) is 1. The number of halogens is 1. The van der Waals surface area contributed by atoms with Crippen LogP contribution >= 0.6 is 15.9 Å². The number of rotatable bonds is 0. The second-order valence-electron chi connectivity index (χ2n) is 2.21. The van der Waals surface area contributed by atoms with Gasteiger partial charge in [0.15, 0.2) is 0 Å². The van der Waals surface area contributed by atoms with Crippen molar-refractivity contribution in [1.82, 2.24) is 5.16 Å². The molecule has 3 nitrogen and oxygen atoms in total. The summed E-state index contributed by atoms with van der Waals surface area (Å²) in [6.07, 6.45) is 0. The standard InChI is InChI=1S/C7H5BrN2O/c8-4-1-2-6-5(3-4)7(9)11-10-6/h1-3H,9H2. The first-order valence-corrected chi connectivity index (χ1v) is 3.87. The summed E-state index contributed by atoms with van der Waals surface area (Å²) in [6.45, 7) is 0. The number of nitrogens with zero attached hydrogens (tertiary/aromatic N) is 1. The van der Waals surface area contributed by atoms with Gasteiger partial charge < -0.3 is 10.3 Å². The van der Waals surface area contributed by atoms with E-state index in [9.17, 15) is 0 Å². The first kappa shape index (κ1) is 6.67. The van der Waals surface area contributed by atoms with Crippen LogP contribution in [0.15, 0.2) is 27.2 Å². The predicted octanol–water partition coefficient (Wildman–Crippen LogP) is 2.17. The van der Waals surface area contributed by atoms with Crippen molar-refractivity contribution in [2.75, 3.05) is 5.73 Å². The van der Waals surface area contributed by atoms with Crippen LogP contribution < -0.4 is 5.73 Å². The van der Waals surface area contributed by atoms with Crippen molar-refractivity contribution in [3.63, 3.8) is 0 Å². The summed E-state index contributed by atoms with van der Waals surface area (Å²) < 4.78 is 5.75. The molecule has 0 fully saturated rings. The van der Waals surface area contributed by atoms with Crippen molar-refractivity contribution in [2.24, 2.45) is 0 Å². The van der Waals surface area contributed by atoms with Crippen molar-refractivity contribution < 1.29 is 4.52 Å². The molecule has 0 bridgehead atoms. The van der Waals surface area contributed by atoms with Crippen LogP contribution in [0.25, 0.3) is 10.9 Å². The first-order valence-electron chi connectivity index (χ1n) is 3.08. The van der Waals surface area contributed by atoms with Crippen LogP contribution in [-0.2, 0) is 0 Å². The molecule has 1 heterocycles. The molecule has 11 heavy (non-hydrogen) atoms. The zero-order chi connectivity index (χ0) is 7.84. The molecule has 0 aliphatic heterocycles. The van der Waals surface area contributed by atoms with Crippen LogP contribution in [0.1, 0.15) is 0 Å². The highest BCUT2D eigenvalue weighted by Gasteiger charge is 2.03. The van der Waals surface area contributed by atoms with Crippen LogP contribution in [0.5, 0.6) is 0 Å². The maximum Gasteiger partial charge on any atom is 0.230 e. The van der Waals surface area contributed by atoms with Gasteiger partial charge in [-0.25, -0.2) is 0 Å². The third-order valence-corrected chi connectivity index (χ3v) is 1.96. The number of nitrogen functional groups attached to an aromatic ring is 1. The second-order valence-corrected chi connectivity index (χ2v) is 3.12. The molecule has 0 radical (unpaired) electrons. The monoisotopic (exact) mass is 212 g/mol. The van der Waals surface area contributed by atoms with Gasteiger partial charge in [0.05, 0.1) is 5.39 Å². The average molecular weight is 213 g/mol. The number of hydrogen-bond acceptors (Lipinski definition) is 3. The minimum atomic E-state index is 0.362. The highest BCUT2D eigenvalue weighted by atomic mass is 79.9. The zero-order valence-corrected chi connectivity index (χ0v) is 7.13. The molecule has 0 atom stereocenters. The summed E-state index contributed by atoms with van der Waals surface area (Å²) in [5.74, 6) is 0.362. The summed E-state index contributed by atoms with van der Waals surface area (Å²) >= 11 is 3.33. The lowest BCUT2D eigenvalue weighted by molar-refractivity contribution is 0.445. The van der Waals surface area contributed by atoms with Crippen molar-refractivity contribution in [2.45, 2.75) is 0 Å². The van der Waals surface area contributed by atoms with Crippen LogP contribution in [0.3, 0.4) is 0 Å². The maximum absolute atomic E-state index is 5.50. The molecule has 2 rings (SSSR count). The van der Waals surface area contributed by atoms with E-state index < -0.39 is 0 Å². The summed E-state index contributed by atoms with van der Waals surface area (Å²) in [5.41, 5.74) is 6.28. The third-order valence-electron chi connectivity index (χ3n) is 1.47. The van der Waals surface area contributed by atoms with Gasteiger partial charge in [-0.1, -0.05) is 21.1 Å². The van der Waals surface area contributed by atoms with Crippen molar-refractivity contribution in [1.29, 1.82) is 0 Å². The average Bonchev–Trinajstić information content (AvgIpc) is 2.33. The smallest absolute Gasteiger partial charge is 0.230 e. The van der Waals surface area contributed by atoms with Gasteiger partial charge in [-0.15, -0.1) is 0 Å². The highest BCUT2D eigenvalue weighted by molar-refractivity contribution is 9.10. The van der Waals surface area contributed by atoms with Crippen LogP contribution in [0, 0.1) is 0 Å². The molecule has 0 saturated carbocycles. The topological polar surface area (TPSA) is 52.0 Å². The number of aromatic nitrogens is 1. The van der Waals surface area contributed by atoms with Gasteiger partial charge >= 0.3 is 0 Å². The van der Waals surface area contributed by atoms with Gasteiger partial charge in [0.1, 0.15) is 5.52 Å². The van der Waals surface area contributed by atoms with Gasteiger partial charge in [0, 0.05) is 4.47 Å². The van der Waals surface area contributed by atoms with E-state index in [4.69, 9.17) is 10.3 Å². The normalized spacial score (nSPS) is 10.6. The molecule has 2 N–H and O–H groups in total. The van der Waals surface area contributed by atoms with E-state index >= 15 is 0 Å². The number of nitrogens with two attached hydrogens (primary N) is 1. The van der Waals surface area contributed by atoms with Crippen molar-refractivity contribution in [3.8, 4) is 0 Å². The van der Waals surface area contributed by atoms with Crippen molar-refractivity contribution in [3.05, 3.63) is 22.7 Å². The number of benzene rings is 1. The Kier molecular flexibility index (Phi) is 1.35. The Morgan fingerprint density at radius 1 is 1.45 bits per heavy atom.